The van der Waals surface area contributed by atoms with Gasteiger partial charge in [-0.1, -0.05) is 30.3 Å². The number of furan rings is 1. The van der Waals surface area contributed by atoms with E-state index >= 15 is 0 Å². The number of rotatable bonds is 5. The molecule has 0 saturated carbocycles. The van der Waals surface area contributed by atoms with Gasteiger partial charge in [0.2, 0.25) is 11.8 Å². The van der Waals surface area contributed by atoms with Crippen molar-refractivity contribution in [3.63, 3.8) is 0 Å². The average Bonchev–Trinajstić information content (AvgIpc) is 3.11. The van der Waals surface area contributed by atoms with Crippen molar-refractivity contribution in [1.82, 2.24) is 9.80 Å². The molecule has 142 valence electrons. The number of likely N-dealkylation sites (tertiary alicyclic amines) is 1. The highest BCUT2D eigenvalue weighted by Crippen LogP contribution is 2.21. The molecule has 1 saturated heterocycles. The SMILES string of the molecule is Cc1ccc(CN(C)C(=O)C2CCN(C(=O)/C=C/c3ccccc3)CC2)o1. The quantitative estimate of drug-likeness (QED) is 0.761. The van der Waals surface area contributed by atoms with Crippen molar-refractivity contribution < 1.29 is 14.0 Å². The Kier molecular flexibility index (Phi) is 6.12. The van der Waals surface area contributed by atoms with E-state index in [1.807, 2.05) is 60.4 Å². The van der Waals surface area contributed by atoms with Gasteiger partial charge in [-0.2, -0.15) is 0 Å². The lowest BCUT2D eigenvalue weighted by molar-refractivity contribution is -0.138. The first-order valence-corrected chi connectivity index (χ1v) is 9.35. The molecule has 0 bridgehead atoms. The maximum absolute atomic E-state index is 12.7. The van der Waals surface area contributed by atoms with E-state index in [9.17, 15) is 9.59 Å². The Labute approximate surface area is 160 Å². The zero-order valence-electron chi connectivity index (χ0n) is 15.9. The zero-order valence-corrected chi connectivity index (χ0v) is 15.9. The highest BCUT2D eigenvalue weighted by molar-refractivity contribution is 5.92. The van der Waals surface area contributed by atoms with Crippen molar-refractivity contribution in [3.05, 3.63) is 65.6 Å². The van der Waals surface area contributed by atoms with Crippen LogP contribution in [-0.2, 0) is 16.1 Å². The summed E-state index contributed by atoms with van der Waals surface area (Å²) in [6, 6.07) is 13.6. The molecule has 0 atom stereocenters. The second kappa shape index (κ2) is 8.71. The van der Waals surface area contributed by atoms with E-state index < -0.39 is 0 Å². The summed E-state index contributed by atoms with van der Waals surface area (Å²) in [7, 11) is 1.81. The number of amides is 2. The topological polar surface area (TPSA) is 53.8 Å². The van der Waals surface area contributed by atoms with Gasteiger partial charge < -0.3 is 14.2 Å². The standard InChI is InChI=1S/C22H26N2O3/c1-17-8-10-20(27-17)16-23(2)22(26)19-12-14-24(15-13-19)21(25)11-9-18-6-4-3-5-7-18/h3-11,19H,12-16H2,1-2H3/b11-9+. The molecule has 1 aliphatic rings. The molecule has 1 fully saturated rings. The van der Waals surface area contributed by atoms with Gasteiger partial charge in [-0.05, 0) is 43.5 Å². The summed E-state index contributed by atoms with van der Waals surface area (Å²) in [4.78, 5) is 28.6. The number of nitrogens with zero attached hydrogens (tertiary/aromatic N) is 2. The summed E-state index contributed by atoms with van der Waals surface area (Å²) >= 11 is 0. The third-order valence-electron chi connectivity index (χ3n) is 4.94. The number of carbonyl (C=O) groups is 2. The lowest BCUT2D eigenvalue weighted by Gasteiger charge is -2.32. The molecular formula is C22H26N2O3. The summed E-state index contributed by atoms with van der Waals surface area (Å²) < 4.78 is 5.55. The third kappa shape index (κ3) is 5.09. The predicted molar refractivity (Wildman–Crippen MR) is 105 cm³/mol. The van der Waals surface area contributed by atoms with Crippen LogP contribution >= 0.6 is 0 Å². The first kappa shape index (κ1) is 19.0. The molecule has 1 aromatic heterocycles. The van der Waals surface area contributed by atoms with Gasteiger partial charge in [-0.15, -0.1) is 0 Å². The molecule has 0 N–H and O–H groups in total. The minimum atomic E-state index is -0.0341. The van der Waals surface area contributed by atoms with Gasteiger partial charge in [-0.25, -0.2) is 0 Å². The molecule has 0 aliphatic carbocycles. The maximum atomic E-state index is 12.7. The first-order chi connectivity index (χ1) is 13.0. The first-order valence-electron chi connectivity index (χ1n) is 9.35. The minimum Gasteiger partial charge on any atom is -0.464 e. The fourth-order valence-electron chi connectivity index (χ4n) is 3.38. The monoisotopic (exact) mass is 366 g/mol. The Morgan fingerprint density at radius 2 is 1.85 bits per heavy atom. The van der Waals surface area contributed by atoms with Crippen LogP contribution in [0.5, 0.6) is 0 Å². The normalized spacial score (nSPS) is 15.3. The smallest absolute Gasteiger partial charge is 0.246 e. The van der Waals surface area contributed by atoms with Gasteiger partial charge in [0.25, 0.3) is 0 Å². The van der Waals surface area contributed by atoms with Gasteiger partial charge in [0, 0.05) is 32.1 Å². The van der Waals surface area contributed by atoms with Crippen molar-refractivity contribution in [1.29, 1.82) is 0 Å². The van der Waals surface area contributed by atoms with Gasteiger partial charge in [0.15, 0.2) is 0 Å². The highest BCUT2D eigenvalue weighted by atomic mass is 16.3. The molecular weight excluding hydrogens is 340 g/mol. The van der Waals surface area contributed by atoms with Crippen LogP contribution in [0.2, 0.25) is 0 Å². The largest absolute Gasteiger partial charge is 0.464 e. The Hall–Kier alpha value is -2.82. The van der Waals surface area contributed by atoms with Crippen LogP contribution in [0, 0.1) is 12.8 Å². The molecule has 2 heterocycles. The highest BCUT2D eigenvalue weighted by Gasteiger charge is 2.28. The van der Waals surface area contributed by atoms with Crippen molar-refractivity contribution in [2.24, 2.45) is 5.92 Å². The summed E-state index contributed by atoms with van der Waals surface area (Å²) in [6.45, 7) is 3.60. The van der Waals surface area contributed by atoms with E-state index in [4.69, 9.17) is 4.42 Å². The van der Waals surface area contributed by atoms with Gasteiger partial charge in [-0.3, -0.25) is 9.59 Å². The molecule has 5 heteroatoms. The predicted octanol–water partition coefficient (Wildman–Crippen LogP) is 3.50. The molecule has 0 radical (unpaired) electrons. The minimum absolute atomic E-state index is 0.00386. The summed E-state index contributed by atoms with van der Waals surface area (Å²) in [5.74, 6) is 1.73. The molecule has 0 spiro atoms. The van der Waals surface area contributed by atoms with Crippen molar-refractivity contribution in [2.45, 2.75) is 26.3 Å². The van der Waals surface area contributed by atoms with E-state index in [0.717, 1.165) is 17.1 Å². The Bertz CT molecular complexity index is 802. The molecule has 27 heavy (non-hydrogen) atoms. The van der Waals surface area contributed by atoms with E-state index in [-0.39, 0.29) is 17.7 Å². The Balaban J connectivity index is 1.48. The molecule has 1 aromatic carbocycles. The van der Waals surface area contributed by atoms with Crippen molar-refractivity contribution >= 4 is 17.9 Å². The average molecular weight is 366 g/mol. The second-order valence-corrected chi connectivity index (χ2v) is 7.05. The van der Waals surface area contributed by atoms with Crippen LogP contribution < -0.4 is 0 Å². The van der Waals surface area contributed by atoms with E-state index in [1.54, 1.807) is 18.0 Å². The van der Waals surface area contributed by atoms with Crippen molar-refractivity contribution in [2.75, 3.05) is 20.1 Å². The van der Waals surface area contributed by atoms with Crippen LogP contribution in [-0.4, -0.2) is 41.8 Å². The number of hydrogen-bond donors (Lipinski definition) is 0. The number of hydrogen-bond acceptors (Lipinski definition) is 3. The third-order valence-corrected chi connectivity index (χ3v) is 4.94. The summed E-state index contributed by atoms with van der Waals surface area (Å²) in [5.41, 5.74) is 1.01. The maximum Gasteiger partial charge on any atom is 0.246 e. The van der Waals surface area contributed by atoms with Crippen LogP contribution in [0.4, 0.5) is 0 Å². The van der Waals surface area contributed by atoms with Crippen LogP contribution in [0.15, 0.2) is 53.0 Å². The molecule has 0 unspecified atom stereocenters. The lowest BCUT2D eigenvalue weighted by atomic mass is 9.95. The molecule has 3 rings (SSSR count). The van der Waals surface area contributed by atoms with E-state index in [1.165, 1.54) is 0 Å². The summed E-state index contributed by atoms with van der Waals surface area (Å²) in [5, 5.41) is 0. The fraction of sp³-hybridized carbons (Fsp3) is 0.364. The van der Waals surface area contributed by atoms with Gasteiger partial charge in [0.05, 0.1) is 6.54 Å². The van der Waals surface area contributed by atoms with Crippen LogP contribution in [0.3, 0.4) is 0 Å². The number of benzene rings is 1. The van der Waals surface area contributed by atoms with E-state index in [0.29, 0.717) is 32.5 Å². The number of aryl methyl sites for hydroxylation is 1. The van der Waals surface area contributed by atoms with Crippen LogP contribution in [0.25, 0.3) is 6.08 Å². The Morgan fingerprint density at radius 3 is 2.48 bits per heavy atom. The molecule has 2 aromatic rings. The number of carbonyl (C=O) groups excluding carboxylic acids is 2. The van der Waals surface area contributed by atoms with Crippen LogP contribution in [0.1, 0.15) is 29.9 Å². The molecule has 5 nitrogen and oxygen atoms in total. The second-order valence-electron chi connectivity index (χ2n) is 7.05. The molecule has 1 aliphatic heterocycles. The van der Waals surface area contributed by atoms with Gasteiger partial charge in [0.1, 0.15) is 11.5 Å². The van der Waals surface area contributed by atoms with Crippen molar-refractivity contribution in [3.8, 4) is 0 Å². The number of piperidine rings is 1. The Morgan fingerprint density at radius 1 is 1.15 bits per heavy atom. The summed E-state index contributed by atoms with van der Waals surface area (Å²) in [6.07, 6.45) is 4.85. The fourth-order valence-corrected chi connectivity index (χ4v) is 3.38. The lowest BCUT2D eigenvalue weighted by Crippen LogP contribution is -2.42. The van der Waals surface area contributed by atoms with Gasteiger partial charge >= 0.3 is 0 Å². The van der Waals surface area contributed by atoms with E-state index in [2.05, 4.69) is 0 Å². The molecule has 2 amide bonds. The zero-order chi connectivity index (χ0) is 19.2.